The molecule has 0 bridgehead atoms. The van der Waals surface area contributed by atoms with Crippen molar-refractivity contribution in [1.29, 1.82) is 0 Å². The van der Waals surface area contributed by atoms with Crippen molar-refractivity contribution in [1.82, 2.24) is 0 Å². The number of allylic oxidation sites excluding steroid dienone is 3. The van der Waals surface area contributed by atoms with Gasteiger partial charge in [-0.05, 0) is 64.2 Å². The van der Waals surface area contributed by atoms with Gasteiger partial charge in [-0.15, -0.1) is 0 Å². The predicted octanol–water partition coefficient (Wildman–Crippen LogP) is 4.40. The molecule has 0 amide bonds. The molecular weight excluding hydrogens is 339 g/mol. The Hall–Kier alpha value is -1.16. The molecule has 0 fully saturated rings. The normalized spacial score (nSPS) is 22.6. The third-order valence-corrected chi connectivity index (χ3v) is 5.94. The third-order valence-electron chi connectivity index (χ3n) is 4.94. The molecule has 0 spiro atoms. The molecule has 1 aromatic carbocycles. The number of phenolic OH excluding ortho intramolecular Hbond substituents is 1. The minimum absolute atomic E-state index is 0.303. The number of aliphatic hydroxyl groups excluding tert-OH is 1. The standard InChI is InChI=1S/C18H24BBrO2/c1-9(2)13-7-12(5-6-15(13)21)8-14-10(3)16(19)18(22)17(20)11(14)4/h5-7,9-10,14,21-22H,8,19H2,1-4H3. The Morgan fingerprint density at radius 1 is 1.27 bits per heavy atom. The Morgan fingerprint density at radius 2 is 1.91 bits per heavy atom. The lowest BCUT2D eigenvalue weighted by Crippen LogP contribution is -2.24. The highest BCUT2D eigenvalue weighted by Crippen LogP contribution is 2.41. The third kappa shape index (κ3) is 3.12. The van der Waals surface area contributed by atoms with Crippen LogP contribution in [0.5, 0.6) is 5.75 Å². The maximum absolute atomic E-state index is 10.2. The van der Waals surface area contributed by atoms with Crippen LogP contribution in [0.4, 0.5) is 0 Å². The summed E-state index contributed by atoms with van der Waals surface area (Å²) in [5, 5.41) is 20.1. The fourth-order valence-electron chi connectivity index (χ4n) is 3.19. The average molecular weight is 363 g/mol. The van der Waals surface area contributed by atoms with Crippen LogP contribution in [0.15, 0.2) is 39.5 Å². The zero-order chi connectivity index (χ0) is 16.6. The zero-order valence-electron chi connectivity index (χ0n) is 13.9. The van der Waals surface area contributed by atoms with Gasteiger partial charge in [-0.3, -0.25) is 0 Å². The summed E-state index contributed by atoms with van der Waals surface area (Å²) < 4.78 is 0.830. The van der Waals surface area contributed by atoms with E-state index in [9.17, 15) is 10.2 Å². The molecule has 0 heterocycles. The molecule has 2 nitrogen and oxygen atoms in total. The maximum Gasteiger partial charge on any atom is 0.139 e. The van der Waals surface area contributed by atoms with Gasteiger partial charge in [-0.1, -0.05) is 43.9 Å². The number of aromatic hydroxyl groups is 1. The fourth-order valence-corrected chi connectivity index (χ4v) is 3.80. The zero-order valence-corrected chi connectivity index (χ0v) is 15.5. The van der Waals surface area contributed by atoms with Gasteiger partial charge in [-0.2, -0.15) is 0 Å². The molecule has 4 heteroatoms. The van der Waals surface area contributed by atoms with E-state index >= 15 is 0 Å². The van der Waals surface area contributed by atoms with E-state index in [-0.39, 0.29) is 0 Å². The van der Waals surface area contributed by atoms with Gasteiger partial charge in [0.15, 0.2) is 0 Å². The van der Waals surface area contributed by atoms with E-state index in [4.69, 9.17) is 0 Å². The van der Waals surface area contributed by atoms with Crippen LogP contribution >= 0.6 is 15.9 Å². The van der Waals surface area contributed by atoms with E-state index in [2.05, 4.69) is 49.7 Å². The van der Waals surface area contributed by atoms with Gasteiger partial charge in [0, 0.05) is 0 Å². The van der Waals surface area contributed by atoms with Crippen molar-refractivity contribution in [2.24, 2.45) is 11.8 Å². The summed E-state index contributed by atoms with van der Waals surface area (Å²) in [6.45, 7) is 8.43. The van der Waals surface area contributed by atoms with Gasteiger partial charge >= 0.3 is 0 Å². The molecule has 0 aromatic heterocycles. The Balaban J connectivity index is 2.34. The smallest absolute Gasteiger partial charge is 0.139 e. The first-order chi connectivity index (χ1) is 10.2. The van der Waals surface area contributed by atoms with Crippen LogP contribution in [0, 0.1) is 11.8 Å². The van der Waals surface area contributed by atoms with Crippen molar-refractivity contribution in [3.8, 4) is 5.75 Å². The van der Waals surface area contributed by atoms with Crippen LogP contribution in [0.1, 0.15) is 44.7 Å². The van der Waals surface area contributed by atoms with Gasteiger partial charge in [0.05, 0.1) is 4.48 Å². The number of phenols is 1. The fraction of sp³-hybridized carbons (Fsp3) is 0.444. The van der Waals surface area contributed by atoms with Gasteiger partial charge in [0.1, 0.15) is 19.4 Å². The van der Waals surface area contributed by atoms with E-state index in [1.165, 1.54) is 11.1 Å². The molecule has 1 aliphatic carbocycles. The molecule has 2 N–H and O–H groups in total. The monoisotopic (exact) mass is 362 g/mol. The van der Waals surface area contributed by atoms with E-state index in [1.807, 2.05) is 13.9 Å². The molecule has 2 rings (SSSR count). The molecule has 0 saturated heterocycles. The highest BCUT2D eigenvalue weighted by molar-refractivity contribution is 9.12. The first-order valence-electron chi connectivity index (χ1n) is 7.82. The lowest BCUT2D eigenvalue weighted by Gasteiger charge is -2.32. The molecule has 0 saturated carbocycles. The number of hydrogen-bond donors (Lipinski definition) is 2. The summed E-state index contributed by atoms with van der Waals surface area (Å²) in [7, 11) is 2.00. The number of benzene rings is 1. The van der Waals surface area contributed by atoms with Crippen LogP contribution in [0.25, 0.3) is 0 Å². The second-order valence-electron chi connectivity index (χ2n) is 6.68. The van der Waals surface area contributed by atoms with Crippen LogP contribution in [-0.2, 0) is 6.42 Å². The maximum atomic E-state index is 10.2. The highest BCUT2D eigenvalue weighted by atomic mass is 79.9. The minimum atomic E-state index is 0.303. The van der Waals surface area contributed by atoms with Gasteiger partial charge < -0.3 is 10.2 Å². The Morgan fingerprint density at radius 3 is 2.50 bits per heavy atom. The lowest BCUT2D eigenvalue weighted by atomic mass is 9.69. The van der Waals surface area contributed by atoms with Crippen molar-refractivity contribution in [2.75, 3.05) is 0 Å². The molecule has 2 unspecified atom stereocenters. The van der Waals surface area contributed by atoms with E-state index in [1.54, 1.807) is 6.07 Å². The van der Waals surface area contributed by atoms with Crippen molar-refractivity contribution in [3.63, 3.8) is 0 Å². The first kappa shape index (κ1) is 17.2. The van der Waals surface area contributed by atoms with Gasteiger partial charge in [0.2, 0.25) is 0 Å². The topological polar surface area (TPSA) is 40.5 Å². The average Bonchev–Trinajstić information content (AvgIpc) is 2.49. The largest absolute Gasteiger partial charge is 0.508 e. The highest BCUT2D eigenvalue weighted by Gasteiger charge is 2.30. The number of aliphatic hydroxyl groups is 1. The van der Waals surface area contributed by atoms with Gasteiger partial charge in [-0.25, -0.2) is 0 Å². The van der Waals surface area contributed by atoms with Crippen molar-refractivity contribution >= 4 is 23.8 Å². The molecule has 2 atom stereocenters. The number of halogens is 1. The summed E-state index contributed by atoms with van der Waals surface area (Å²) >= 11 is 3.52. The van der Waals surface area contributed by atoms with Crippen molar-refractivity contribution in [3.05, 3.63) is 50.6 Å². The molecule has 1 aliphatic rings. The number of rotatable bonds is 3. The Bertz CT molecular complexity index is 646. The lowest BCUT2D eigenvalue weighted by molar-refractivity contribution is 0.381. The summed E-state index contributed by atoms with van der Waals surface area (Å²) in [5.74, 6) is 1.72. The molecule has 0 radical (unpaired) electrons. The molecule has 118 valence electrons. The minimum Gasteiger partial charge on any atom is -0.508 e. The molecule has 1 aromatic rings. The Kier molecular flexibility index (Phi) is 5.11. The SMILES string of the molecule is BC1=C(O)C(Br)=C(C)C(Cc2ccc(O)c(C(C)C)c2)C1C. The van der Waals surface area contributed by atoms with Crippen LogP contribution in [0.2, 0.25) is 0 Å². The molecular formula is C18H24BBrO2. The summed E-state index contributed by atoms with van der Waals surface area (Å²) in [6.07, 6.45) is 0.909. The second-order valence-corrected chi connectivity index (χ2v) is 7.47. The van der Waals surface area contributed by atoms with Crippen molar-refractivity contribution < 1.29 is 10.2 Å². The molecule has 22 heavy (non-hydrogen) atoms. The predicted molar refractivity (Wildman–Crippen MR) is 98.4 cm³/mol. The van der Waals surface area contributed by atoms with Crippen LogP contribution < -0.4 is 0 Å². The summed E-state index contributed by atoms with van der Waals surface area (Å²) in [6, 6.07) is 5.91. The summed E-state index contributed by atoms with van der Waals surface area (Å²) in [4.78, 5) is 0. The van der Waals surface area contributed by atoms with Gasteiger partial charge in [0.25, 0.3) is 0 Å². The first-order valence-corrected chi connectivity index (χ1v) is 8.61. The van der Waals surface area contributed by atoms with Crippen molar-refractivity contribution in [2.45, 2.75) is 40.0 Å². The summed E-state index contributed by atoms with van der Waals surface area (Å²) in [5.41, 5.74) is 4.45. The quantitative estimate of drug-likeness (QED) is 0.782. The van der Waals surface area contributed by atoms with Crippen LogP contribution in [0.3, 0.4) is 0 Å². The second kappa shape index (κ2) is 6.53. The number of hydrogen-bond acceptors (Lipinski definition) is 2. The van der Waals surface area contributed by atoms with E-state index in [0.717, 1.165) is 21.9 Å². The van der Waals surface area contributed by atoms with E-state index < -0.39 is 0 Å². The molecule has 0 aliphatic heterocycles. The van der Waals surface area contributed by atoms with Crippen LogP contribution in [-0.4, -0.2) is 18.1 Å². The Labute approximate surface area is 142 Å². The van der Waals surface area contributed by atoms with E-state index in [0.29, 0.717) is 29.3 Å².